The Kier molecular flexibility index (Phi) is 6.33. The van der Waals surface area contributed by atoms with Gasteiger partial charge in [-0.05, 0) is 41.5 Å². The number of sulfonamides is 1. The maximum absolute atomic E-state index is 13.0. The van der Waals surface area contributed by atoms with Crippen molar-refractivity contribution in [1.82, 2.24) is 0 Å². The van der Waals surface area contributed by atoms with Crippen LogP contribution >= 0.6 is 15.9 Å². The third-order valence-electron chi connectivity index (χ3n) is 4.28. The van der Waals surface area contributed by atoms with Crippen molar-refractivity contribution in [3.05, 3.63) is 70.7 Å². The monoisotopic (exact) mass is 491 g/mol. The molecule has 3 aromatic carbocycles. The number of phenols is 1. The topological polar surface area (TPSA) is 102 Å². The van der Waals surface area contributed by atoms with Crippen LogP contribution in [0.3, 0.4) is 0 Å². The van der Waals surface area contributed by atoms with Gasteiger partial charge in [0.2, 0.25) is 0 Å². The molecule has 0 atom stereocenters. The Morgan fingerprint density at radius 3 is 2.33 bits per heavy atom. The fourth-order valence-electron chi connectivity index (χ4n) is 2.84. The van der Waals surface area contributed by atoms with E-state index in [4.69, 9.17) is 9.47 Å². The molecule has 2 N–H and O–H groups in total. The van der Waals surface area contributed by atoms with Gasteiger partial charge in [-0.3, -0.25) is 4.72 Å². The highest BCUT2D eigenvalue weighted by Gasteiger charge is 2.24. The molecule has 0 radical (unpaired) electrons. The van der Waals surface area contributed by atoms with E-state index in [1.807, 2.05) is 6.07 Å². The van der Waals surface area contributed by atoms with Crippen LogP contribution < -0.4 is 9.46 Å². The van der Waals surface area contributed by atoms with Crippen molar-refractivity contribution in [1.29, 1.82) is 0 Å². The molecule has 0 saturated heterocycles. The molecule has 0 aliphatic rings. The summed E-state index contributed by atoms with van der Waals surface area (Å²) in [6.07, 6.45) is 0. The highest BCUT2D eigenvalue weighted by atomic mass is 79.9. The van der Waals surface area contributed by atoms with Gasteiger partial charge in [0.1, 0.15) is 16.2 Å². The number of rotatable bonds is 6. The predicted molar refractivity (Wildman–Crippen MR) is 116 cm³/mol. The maximum atomic E-state index is 13.0. The van der Waals surface area contributed by atoms with Crippen LogP contribution in [-0.2, 0) is 14.8 Å². The van der Waals surface area contributed by atoms with Crippen LogP contribution in [0.4, 0.5) is 5.69 Å². The molecular weight excluding hydrogens is 474 g/mol. The van der Waals surface area contributed by atoms with Crippen LogP contribution in [0.1, 0.15) is 10.4 Å². The lowest BCUT2D eigenvalue weighted by atomic mass is 10.0. The van der Waals surface area contributed by atoms with Gasteiger partial charge in [-0.15, -0.1) is 0 Å². The zero-order chi connectivity index (χ0) is 21.9. The first kappa shape index (κ1) is 21.7. The van der Waals surface area contributed by atoms with Gasteiger partial charge in [-0.1, -0.05) is 46.3 Å². The Morgan fingerprint density at radius 2 is 1.70 bits per heavy atom. The molecule has 0 bridgehead atoms. The third-order valence-corrected chi connectivity index (χ3v) is 6.16. The zero-order valence-electron chi connectivity index (χ0n) is 16.0. The van der Waals surface area contributed by atoms with E-state index in [2.05, 4.69) is 20.7 Å². The summed E-state index contributed by atoms with van der Waals surface area (Å²) < 4.78 is 38.8. The molecule has 0 aliphatic carbocycles. The van der Waals surface area contributed by atoms with Crippen LogP contribution in [0.15, 0.2) is 70.0 Å². The number of anilines is 1. The van der Waals surface area contributed by atoms with Crippen LogP contribution in [0, 0.1) is 0 Å². The van der Waals surface area contributed by atoms with E-state index < -0.39 is 21.7 Å². The predicted octanol–water partition coefficient (Wildman–Crippen LogP) is 4.42. The second-order valence-corrected chi connectivity index (χ2v) is 8.74. The number of halogens is 1. The number of carbonyl (C=O) groups is 1. The standard InChI is InChI=1S/C21H18BrNO6S/c1-28-18-9-8-15(22)12-19(18)30(26,27)23-17-11-14(13-6-4-3-5-7-13)10-16(20(17)24)21(25)29-2/h3-12,23-24H,1-2H3. The molecule has 0 fully saturated rings. The van der Waals surface area contributed by atoms with Gasteiger partial charge in [0.25, 0.3) is 10.0 Å². The fraction of sp³-hybridized carbons (Fsp3) is 0.0952. The van der Waals surface area contributed by atoms with Crippen molar-refractivity contribution in [2.24, 2.45) is 0 Å². The van der Waals surface area contributed by atoms with Crippen LogP contribution in [0.25, 0.3) is 11.1 Å². The SMILES string of the molecule is COC(=O)c1cc(-c2ccccc2)cc(NS(=O)(=O)c2cc(Br)ccc2OC)c1O. The number of phenolic OH excluding ortho intramolecular Hbond substituents is 1. The second-order valence-electron chi connectivity index (χ2n) is 6.18. The number of nitrogens with one attached hydrogen (secondary N) is 1. The molecular formula is C21H18BrNO6S. The molecule has 0 aliphatic heterocycles. The highest BCUT2D eigenvalue weighted by molar-refractivity contribution is 9.10. The average molecular weight is 492 g/mol. The molecule has 30 heavy (non-hydrogen) atoms. The molecule has 156 valence electrons. The lowest BCUT2D eigenvalue weighted by Gasteiger charge is -2.16. The number of ether oxygens (including phenoxy) is 2. The maximum Gasteiger partial charge on any atom is 0.341 e. The minimum absolute atomic E-state index is 0.123. The van der Waals surface area contributed by atoms with Crippen molar-refractivity contribution in [2.75, 3.05) is 18.9 Å². The van der Waals surface area contributed by atoms with Gasteiger partial charge < -0.3 is 14.6 Å². The van der Waals surface area contributed by atoms with E-state index >= 15 is 0 Å². The molecule has 0 unspecified atom stereocenters. The molecule has 0 amide bonds. The van der Waals surface area contributed by atoms with Gasteiger partial charge in [0, 0.05) is 4.47 Å². The number of methoxy groups -OCH3 is 2. The van der Waals surface area contributed by atoms with Crippen LogP contribution in [0.2, 0.25) is 0 Å². The summed E-state index contributed by atoms with van der Waals surface area (Å²) in [4.78, 5) is 12.0. The highest BCUT2D eigenvalue weighted by Crippen LogP contribution is 2.37. The van der Waals surface area contributed by atoms with E-state index in [-0.39, 0.29) is 21.9 Å². The smallest absolute Gasteiger partial charge is 0.341 e. The third kappa shape index (κ3) is 4.42. The summed E-state index contributed by atoms with van der Waals surface area (Å²) >= 11 is 3.24. The number of hydrogen-bond acceptors (Lipinski definition) is 6. The zero-order valence-corrected chi connectivity index (χ0v) is 18.5. The average Bonchev–Trinajstić information content (AvgIpc) is 2.75. The summed E-state index contributed by atoms with van der Waals surface area (Å²) in [6, 6.07) is 16.4. The van der Waals surface area contributed by atoms with Gasteiger partial charge in [0.05, 0.1) is 19.9 Å². The van der Waals surface area contributed by atoms with Gasteiger partial charge >= 0.3 is 5.97 Å². The first-order chi connectivity index (χ1) is 14.3. The van der Waals surface area contributed by atoms with Gasteiger partial charge in [-0.25, -0.2) is 13.2 Å². The van der Waals surface area contributed by atoms with Crippen LogP contribution in [-0.4, -0.2) is 33.7 Å². The molecule has 3 rings (SSSR count). The summed E-state index contributed by atoms with van der Waals surface area (Å²) in [5, 5.41) is 10.6. The number of benzene rings is 3. The quantitative estimate of drug-likeness (QED) is 0.390. The molecule has 7 nitrogen and oxygen atoms in total. The molecule has 0 heterocycles. The Hall–Kier alpha value is -3.04. The lowest BCUT2D eigenvalue weighted by molar-refractivity contribution is 0.0597. The summed E-state index contributed by atoms with van der Waals surface area (Å²) in [5.41, 5.74) is 0.910. The number of aromatic hydroxyl groups is 1. The first-order valence-electron chi connectivity index (χ1n) is 8.64. The number of hydrogen-bond donors (Lipinski definition) is 2. The largest absolute Gasteiger partial charge is 0.505 e. The molecule has 3 aromatic rings. The Morgan fingerprint density at radius 1 is 1.00 bits per heavy atom. The van der Waals surface area contributed by atoms with Crippen molar-refractivity contribution < 1.29 is 27.8 Å². The number of carbonyl (C=O) groups excluding carboxylic acids is 1. The Labute approximate surface area is 182 Å². The molecule has 0 spiro atoms. The van der Waals surface area contributed by atoms with Crippen molar-refractivity contribution >= 4 is 37.6 Å². The van der Waals surface area contributed by atoms with E-state index in [9.17, 15) is 18.3 Å². The minimum Gasteiger partial charge on any atom is -0.505 e. The second kappa shape index (κ2) is 8.76. The van der Waals surface area contributed by atoms with Crippen molar-refractivity contribution in [3.63, 3.8) is 0 Å². The Balaban J connectivity index is 2.16. The van der Waals surface area contributed by atoms with E-state index in [1.54, 1.807) is 30.3 Å². The van der Waals surface area contributed by atoms with Gasteiger partial charge in [-0.2, -0.15) is 0 Å². The van der Waals surface area contributed by atoms with E-state index in [0.29, 0.717) is 10.0 Å². The normalized spacial score (nSPS) is 11.0. The minimum atomic E-state index is -4.17. The molecule has 0 aromatic heterocycles. The summed E-state index contributed by atoms with van der Waals surface area (Å²) in [7, 11) is -1.64. The van der Waals surface area contributed by atoms with Crippen molar-refractivity contribution in [3.8, 4) is 22.6 Å². The summed E-state index contributed by atoms with van der Waals surface area (Å²) in [5.74, 6) is -1.22. The van der Waals surface area contributed by atoms with Crippen molar-refractivity contribution in [2.45, 2.75) is 4.90 Å². The van der Waals surface area contributed by atoms with E-state index in [0.717, 1.165) is 5.56 Å². The first-order valence-corrected chi connectivity index (χ1v) is 10.9. The van der Waals surface area contributed by atoms with Crippen LogP contribution in [0.5, 0.6) is 11.5 Å². The Bertz CT molecular complexity index is 1200. The lowest BCUT2D eigenvalue weighted by Crippen LogP contribution is -2.15. The molecule has 0 saturated carbocycles. The van der Waals surface area contributed by atoms with E-state index in [1.165, 1.54) is 38.5 Å². The number of esters is 1. The fourth-order valence-corrected chi connectivity index (χ4v) is 4.60. The summed E-state index contributed by atoms with van der Waals surface area (Å²) in [6.45, 7) is 0. The van der Waals surface area contributed by atoms with Gasteiger partial charge in [0.15, 0.2) is 5.75 Å². The molecule has 9 heteroatoms.